The minimum atomic E-state index is -1.19. The number of ether oxygens (including phenoxy) is 1. The number of aliphatic hydroxyl groups excluding tert-OH is 1. The third kappa shape index (κ3) is 1.80. The van der Waals surface area contributed by atoms with E-state index in [0.29, 0.717) is 4.88 Å². The normalized spacial score (nSPS) is 12.6. The van der Waals surface area contributed by atoms with E-state index < -0.39 is 12.1 Å². The number of aliphatic hydroxyl groups is 1. The Bertz CT molecular complexity index is 284. The second kappa shape index (κ2) is 3.64. The number of thiazole rings is 1. The zero-order valence-corrected chi connectivity index (χ0v) is 7.59. The first-order valence-electron chi connectivity index (χ1n) is 3.33. The zero-order valence-electron chi connectivity index (χ0n) is 6.77. The predicted octanol–water partition coefficient (Wildman–Crippen LogP) is 0.658. The lowest BCUT2D eigenvalue weighted by Gasteiger charge is -2.03. The van der Waals surface area contributed by atoms with Crippen LogP contribution in [-0.2, 0) is 9.53 Å². The number of carbonyl (C=O) groups is 1. The summed E-state index contributed by atoms with van der Waals surface area (Å²) in [5.41, 5.74) is 0. The van der Waals surface area contributed by atoms with Gasteiger partial charge in [-0.15, -0.1) is 11.3 Å². The zero-order chi connectivity index (χ0) is 9.14. The van der Waals surface area contributed by atoms with Gasteiger partial charge in [0.05, 0.1) is 17.0 Å². The minimum Gasteiger partial charge on any atom is -0.467 e. The van der Waals surface area contributed by atoms with Gasteiger partial charge in [0.2, 0.25) is 0 Å². The maximum Gasteiger partial charge on any atom is 0.340 e. The van der Waals surface area contributed by atoms with Crippen LogP contribution >= 0.6 is 11.3 Å². The lowest BCUT2D eigenvalue weighted by Crippen LogP contribution is -2.11. The molecule has 1 unspecified atom stereocenters. The van der Waals surface area contributed by atoms with Crippen molar-refractivity contribution in [2.75, 3.05) is 7.11 Å². The molecule has 1 aromatic rings. The van der Waals surface area contributed by atoms with E-state index in [9.17, 15) is 9.90 Å². The van der Waals surface area contributed by atoms with Gasteiger partial charge in [-0.25, -0.2) is 9.78 Å². The smallest absolute Gasteiger partial charge is 0.340 e. The van der Waals surface area contributed by atoms with Gasteiger partial charge in [0.1, 0.15) is 0 Å². The fourth-order valence-electron chi connectivity index (χ4n) is 0.732. The first-order chi connectivity index (χ1) is 5.65. The van der Waals surface area contributed by atoms with Crippen LogP contribution in [0.1, 0.15) is 16.0 Å². The van der Waals surface area contributed by atoms with Crippen LogP contribution in [0.3, 0.4) is 0 Å². The molecule has 12 heavy (non-hydrogen) atoms. The van der Waals surface area contributed by atoms with E-state index in [1.54, 1.807) is 6.92 Å². The SMILES string of the molecule is COC(=O)C(O)c1cnc(C)s1. The summed E-state index contributed by atoms with van der Waals surface area (Å²) in [6.45, 7) is 1.80. The molecule has 1 rings (SSSR count). The molecule has 0 aromatic carbocycles. The van der Waals surface area contributed by atoms with Gasteiger partial charge in [-0.3, -0.25) is 0 Å². The summed E-state index contributed by atoms with van der Waals surface area (Å²) in [5, 5.41) is 10.1. The Balaban J connectivity index is 2.77. The molecule has 0 saturated carbocycles. The maximum absolute atomic E-state index is 10.8. The molecule has 1 aromatic heterocycles. The molecule has 4 nitrogen and oxygen atoms in total. The summed E-state index contributed by atoms with van der Waals surface area (Å²) in [7, 11) is 1.24. The minimum absolute atomic E-state index is 0.513. The van der Waals surface area contributed by atoms with Gasteiger partial charge in [-0.05, 0) is 6.92 Å². The molecular weight excluding hydrogens is 178 g/mol. The molecule has 0 saturated heterocycles. The van der Waals surface area contributed by atoms with Gasteiger partial charge in [-0.2, -0.15) is 0 Å². The van der Waals surface area contributed by atoms with E-state index in [0.717, 1.165) is 5.01 Å². The van der Waals surface area contributed by atoms with Gasteiger partial charge in [0.15, 0.2) is 6.10 Å². The van der Waals surface area contributed by atoms with Crippen LogP contribution in [0.5, 0.6) is 0 Å². The van der Waals surface area contributed by atoms with Gasteiger partial charge in [0.25, 0.3) is 0 Å². The number of rotatable bonds is 2. The standard InChI is InChI=1S/C7H9NO3S/c1-4-8-3-5(12-4)6(9)7(10)11-2/h3,6,9H,1-2H3. The van der Waals surface area contributed by atoms with E-state index in [1.165, 1.54) is 24.6 Å². The van der Waals surface area contributed by atoms with Crippen molar-refractivity contribution in [3.8, 4) is 0 Å². The average molecular weight is 187 g/mol. The van der Waals surface area contributed by atoms with Crippen LogP contribution in [0.2, 0.25) is 0 Å². The first-order valence-corrected chi connectivity index (χ1v) is 4.15. The number of carbonyl (C=O) groups excluding carboxylic acids is 1. The highest BCUT2D eigenvalue weighted by atomic mass is 32.1. The Hall–Kier alpha value is -0.940. The Morgan fingerprint density at radius 1 is 1.83 bits per heavy atom. The second-order valence-electron chi connectivity index (χ2n) is 2.21. The Morgan fingerprint density at radius 2 is 2.50 bits per heavy atom. The summed E-state index contributed by atoms with van der Waals surface area (Å²) >= 11 is 1.28. The first kappa shape index (κ1) is 9.15. The van der Waals surface area contributed by atoms with E-state index in [2.05, 4.69) is 9.72 Å². The van der Waals surface area contributed by atoms with E-state index in [-0.39, 0.29) is 0 Å². The fourth-order valence-corrected chi connectivity index (χ4v) is 1.49. The van der Waals surface area contributed by atoms with E-state index in [1.807, 2.05) is 0 Å². The molecule has 1 heterocycles. The van der Waals surface area contributed by atoms with Crippen molar-refractivity contribution in [2.24, 2.45) is 0 Å². The molecule has 0 aliphatic rings. The Morgan fingerprint density at radius 3 is 2.92 bits per heavy atom. The highest BCUT2D eigenvalue weighted by molar-refractivity contribution is 7.11. The number of aromatic nitrogens is 1. The van der Waals surface area contributed by atoms with Crippen molar-refractivity contribution in [1.29, 1.82) is 0 Å². The van der Waals surface area contributed by atoms with Crippen molar-refractivity contribution >= 4 is 17.3 Å². The largest absolute Gasteiger partial charge is 0.467 e. The van der Waals surface area contributed by atoms with Crippen molar-refractivity contribution < 1.29 is 14.6 Å². The highest BCUT2D eigenvalue weighted by Crippen LogP contribution is 2.20. The van der Waals surface area contributed by atoms with Crippen molar-refractivity contribution in [2.45, 2.75) is 13.0 Å². The van der Waals surface area contributed by atoms with Gasteiger partial charge in [0, 0.05) is 6.20 Å². The molecular formula is C7H9NO3S. The molecule has 0 fully saturated rings. The van der Waals surface area contributed by atoms with Gasteiger partial charge < -0.3 is 9.84 Å². The number of hydrogen-bond acceptors (Lipinski definition) is 5. The van der Waals surface area contributed by atoms with Gasteiger partial charge >= 0.3 is 5.97 Å². The molecule has 66 valence electrons. The summed E-state index contributed by atoms with van der Waals surface area (Å²) < 4.78 is 4.37. The van der Waals surface area contributed by atoms with Crippen LogP contribution in [0.15, 0.2) is 6.20 Å². The van der Waals surface area contributed by atoms with Crippen LogP contribution in [0.4, 0.5) is 0 Å². The topological polar surface area (TPSA) is 59.4 Å². The molecule has 0 spiro atoms. The molecule has 0 amide bonds. The lowest BCUT2D eigenvalue weighted by atomic mass is 10.3. The lowest BCUT2D eigenvalue weighted by molar-refractivity contribution is -0.150. The third-order valence-corrected chi connectivity index (χ3v) is 2.30. The number of hydrogen-bond donors (Lipinski definition) is 1. The number of aryl methyl sites for hydroxylation is 1. The fraction of sp³-hybridized carbons (Fsp3) is 0.429. The molecule has 0 bridgehead atoms. The summed E-state index contributed by atoms with van der Waals surface area (Å²) in [4.78, 5) is 15.2. The number of nitrogens with zero attached hydrogens (tertiary/aromatic N) is 1. The van der Waals surface area contributed by atoms with Crippen LogP contribution in [0.25, 0.3) is 0 Å². The van der Waals surface area contributed by atoms with Crippen LogP contribution in [0, 0.1) is 6.92 Å². The molecule has 1 atom stereocenters. The highest BCUT2D eigenvalue weighted by Gasteiger charge is 2.19. The summed E-state index contributed by atoms with van der Waals surface area (Å²) in [6.07, 6.45) is 0.280. The molecule has 0 aliphatic carbocycles. The third-order valence-electron chi connectivity index (χ3n) is 1.33. The van der Waals surface area contributed by atoms with Crippen molar-refractivity contribution in [1.82, 2.24) is 4.98 Å². The van der Waals surface area contributed by atoms with Crippen LogP contribution in [-0.4, -0.2) is 23.2 Å². The molecule has 5 heteroatoms. The Labute approximate surface area is 73.8 Å². The van der Waals surface area contributed by atoms with Crippen molar-refractivity contribution in [3.05, 3.63) is 16.1 Å². The number of methoxy groups -OCH3 is 1. The number of esters is 1. The molecule has 0 radical (unpaired) electrons. The summed E-state index contributed by atoms with van der Waals surface area (Å²) in [5.74, 6) is -0.654. The van der Waals surface area contributed by atoms with Crippen LogP contribution < -0.4 is 0 Å². The quantitative estimate of drug-likeness (QED) is 0.691. The van der Waals surface area contributed by atoms with Gasteiger partial charge in [-0.1, -0.05) is 0 Å². The maximum atomic E-state index is 10.8. The monoisotopic (exact) mass is 187 g/mol. The second-order valence-corrected chi connectivity index (χ2v) is 3.47. The van der Waals surface area contributed by atoms with Crippen molar-refractivity contribution in [3.63, 3.8) is 0 Å². The van der Waals surface area contributed by atoms with E-state index in [4.69, 9.17) is 0 Å². The molecule has 1 N–H and O–H groups in total. The predicted molar refractivity (Wildman–Crippen MR) is 43.8 cm³/mol. The van der Waals surface area contributed by atoms with E-state index >= 15 is 0 Å². The summed E-state index contributed by atoms with van der Waals surface area (Å²) in [6, 6.07) is 0. The Kier molecular flexibility index (Phi) is 2.78. The molecule has 0 aliphatic heterocycles. The average Bonchev–Trinajstić information content (AvgIpc) is 2.49.